The molecule has 0 fully saturated rings. The Balaban J connectivity index is 5.50. The average Bonchev–Trinajstić information content (AvgIpc) is 2.46. The molecular weight excluding hydrogens is 276 g/mol. The first-order valence-corrected chi connectivity index (χ1v) is 11.1. The highest BCUT2D eigenvalue weighted by Crippen LogP contribution is 2.14. The Hall–Kier alpha value is 0.0569. The molecule has 0 unspecified atom stereocenters. The van der Waals surface area contributed by atoms with E-state index in [-0.39, 0.29) is 0 Å². The van der Waals surface area contributed by atoms with Gasteiger partial charge in [-0.25, -0.2) is 0 Å². The SMILES string of the molecule is CCCN(CCC)[Si](NCC)(NCC)N(CCC)CCC. The first-order chi connectivity index (χ1) is 10.2. The summed E-state index contributed by atoms with van der Waals surface area (Å²) in [4.78, 5) is 7.83. The van der Waals surface area contributed by atoms with E-state index < -0.39 is 8.72 Å². The summed E-state index contributed by atoms with van der Waals surface area (Å²) in [7, 11) is -1.97. The predicted octanol–water partition coefficient (Wildman–Crippen LogP) is 2.89. The molecule has 0 radical (unpaired) electrons. The van der Waals surface area contributed by atoms with Crippen molar-refractivity contribution >= 4 is 8.72 Å². The molecular formula is C16H40N4Si. The third kappa shape index (κ3) is 6.36. The molecule has 0 rings (SSSR count). The lowest BCUT2D eigenvalue weighted by molar-refractivity contribution is 0.289. The van der Waals surface area contributed by atoms with Crippen LogP contribution in [-0.4, -0.2) is 57.1 Å². The molecule has 5 heteroatoms. The second kappa shape index (κ2) is 12.6. The molecule has 21 heavy (non-hydrogen) atoms. The summed E-state index contributed by atoms with van der Waals surface area (Å²) in [5.41, 5.74) is 0. The van der Waals surface area contributed by atoms with E-state index in [9.17, 15) is 0 Å². The van der Waals surface area contributed by atoms with Crippen molar-refractivity contribution < 1.29 is 0 Å². The van der Waals surface area contributed by atoms with Gasteiger partial charge >= 0.3 is 8.72 Å². The second-order valence-electron chi connectivity index (χ2n) is 5.71. The smallest absolute Gasteiger partial charge is 0.301 e. The van der Waals surface area contributed by atoms with E-state index in [0.29, 0.717) is 0 Å². The zero-order valence-corrected chi connectivity index (χ0v) is 16.5. The lowest BCUT2D eigenvalue weighted by Crippen LogP contribution is -2.82. The van der Waals surface area contributed by atoms with E-state index in [1.807, 2.05) is 0 Å². The lowest BCUT2D eigenvalue weighted by atomic mass is 10.4. The summed E-state index contributed by atoms with van der Waals surface area (Å²) in [6.45, 7) is 20.5. The van der Waals surface area contributed by atoms with Crippen LogP contribution in [0.15, 0.2) is 0 Å². The van der Waals surface area contributed by atoms with Crippen molar-refractivity contribution in [2.75, 3.05) is 39.3 Å². The molecule has 0 aliphatic heterocycles. The van der Waals surface area contributed by atoms with Crippen LogP contribution in [0.3, 0.4) is 0 Å². The van der Waals surface area contributed by atoms with Crippen LogP contribution >= 0.6 is 0 Å². The maximum atomic E-state index is 3.92. The highest BCUT2D eigenvalue weighted by molar-refractivity contribution is 6.69. The van der Waals surface area contributed by atoms with Crippen LogP contribution in [0, 0.1) is 0 Å². The molecule has 2 N–H and O–H groups in total. The van der Waals surface area contributed by atoms with E-state index in [1.165, 1.54) is 51.9 Å². The monoisotopic (exact) mass is 316 g/mol. The van der Waals surface area contributed by atoms with Gasteiger partial charge < -0.3 is 9.96 Å². The van der Waals surface area contributed by atoms with E-state index in [2.05, 4.69) is 60.6 Å². The first kappa shape index (κ1) is 21.1. The maximum Gasteiger partial charge on any atom is 0.371 e. The van der Waals surface area contributed by atoms with Crippen LogP contribution in [0.2, 0.25) is 0 Å². The summed E-state index contributed by atoms with van der Waals surface area (Å²) < 4.78 is 5.48. The minimum Gasteiger partial charge on any atom is -0.301 e. The maximum absolute atomic E-state index is 3.92. The minimum atomic E-state index is -1.97. The zero-order chi connectivity index (χ0) is 16.1. The molecule has 0 aromatic rings. The molecule has 0 saturated carbocycles. The normalized spacial score (nSPS) is 12.6. The number of nitrogens with zero attached hydrogens (tertiary/aromatic N) is 2. The van der Waals surface area contributed by atoms with Crippen molar-refractivity contribution in [3.63, 3.8) is 0 Å². The Bertz CT molecular complexity index is 202. The number of hydrogen-bond donors (Lipinski definition) is 2. The fourth-order valence-corrected chi connectivity index (χ4v) is 7.75. The number of nitrogens with one attached hydrogen (secondary N) is 2. The topological polar surface area (TPSA) is 30.5 Å². The Labute approximate surface area is 135 Å². The van der Waals surface area contributed by atoms with Gasteiger partial charge in [0.2, 0.25) is 0 Å². The van der Waals surface area contributed by atoms with Crippen molar-refractivity contribution in [3.05, 3.63) is 0 Å². The van der Waals surface area contributed by atoms with Crippen LogP contribution < -0.4 is 9.96 Å². The highest BCUT2D eigenvalue weighted by Gasteiger charge is 2.44. The Kier molecular flexibility index (Phi) is 12.6. The largest absolute Gasteiger partial charge is 0.371 e. The van der Waals surface area contributed by atoms with E-state index >= 15 is 0 Å². The van der Waals surface area contributed by atoms with Gasteiger partial charge in [-0.3, -0.25) is 9.13 Å². The van der Waals surface area contributed by atoms with Crippen LogP contribution in [0.1, 0.15) is 67.2 Å². The second-order valence-corrected chi connectivity index (χ2v) is 9.02. The molecule has 0 aliphatic carbocycles. The van der Waals surface area contributed by atoms with Gasteiger partial charge in [-0.1, -0.05) is 41.5 Å². The molecule has 4 nitrogen and oxygen atoms in total. The molecule has 0 heterocycles. The highest BCUT2D eigenvalue weighted by atomic mass is 28.4. The third-order valence-corrected chi connectivity index (χ3v) is 8.15. The zero-order valence-electron chi connectivity index (χ0n) is 15.5. The average molecular weight is 317 g/mol. The van der Waals surface area contributed by atoms with E-state index in [1.54, 1.807) is 0 Å². The van der Waals surface area contributed by atoms with Crippen molar-refractivity contribution in [2.45, 2.75) is 67.2 Å². The fourth-order valence-electron chi connectivity index (χ4n) is 3.15. The standard InChI is InChI=1S/C16H40N4Si/c1-7-13-19(14-8-2)21(17-11-5,18-12-6)20(15-9-3)16-10-4/h17-18H,7-16H2,1-6H3. The quantitative estimate of drug-likeness (QED) is 0.482. The summed E-state index contributed by atoms with van der Waals surface area (Å²) in [5, 5.41) is 0. The van der Waals surface area contributed by atoms with Gasteiger partial charge in [0.15, 0.2) is 0 Å². The number of rotatable bonds is 14. The molecule has 0 atom stereocenters. The summed E-state index contributed by atoms with van der Waals surface area (Å²) in [5.74, 6) is 0. The fraction of sp³-hybridized carbons (Fsp3) is 1.00. The third-order valence-electron chi connectivity index (χ3n) is 3.74. The van der Waals surface area contributed by atoms with Crippen LogP contribution in [0.5, 0.6) is 0 Å². The molecule has 0 aliphatic rings. The van der Waals surface area contributed by atoms with Gasteiger partial charge in [-0.2, -0.15) is 0 Å². The summed E-state index contributed by atoms with van der Waals surface area (Å²) in [6.07, 6.45) is 4.88. The van der Waals surface area contributed by atoms with Crippen LogP contribution in [0.25, 0.3) is 0 Å². The van der Waals surface area contributed by atoms with E-state index in [4.69, 9.17) is 0 Å². The lowest BCUT2D eigenvalue weighted by Gasteiger charge is -2.48. The van der Waals surface area contributed by atoms with E-state index in [0.717, 1.165) is 13.1 Å². The molecule has 0 aromatic carbocycles. The van der Waals surface area contributed by atoms with Gasteiger partial charge in [-0.05, 0) is 65.0 Å². The Morgan fingerprint density at radius 1 is 0.571 bits per heavy atom. The molecule has 128 valence electrons. The Morgan fingerprint density at radius 3 is 1.05 bits per heavy atom. The summed E-state index contributed by atoms with van der Waals surface area (Å²) in [6, 6.07) is 0. The Morgan fingerprint density at radius 2 is 0.857 bits per heavy atom. The van der Waals surface area contributed by atoms with Crippen LogP contribution in [0.4, 0.5) is 0 Å². The summed E-state index contributed by atoms with van der Waals surface area (Å²) >= 11 is 0. The number of hydrogen-bond acceptors (Lipinski definition) is 4. The van der Waals surface area contributed by atoms with Crippen molar-refractivity contribution in [1.29, 1.82) is 0 Å². The molecule has 0 amide bonds. The van der Waals surface area contributed by atoms with Gasteiger partial charge in [0.1, 0.15) is 0 Å². The molecule has 0 bridgehead atoms. The van der Waals surface area contributed by atoms with Gasteiger partial charge in [-0.15, -0.1) is 0 Å². The predicted molar refractivity (Wildman–Crippen MR) is 97.4 cm³/mol. The first-order valence-electron chi connectivity index (χ1n) is 9.16. The van der Waals surface area contributed by atoms with Gasteiger partial charge in [0.05, 0.1) is 0 Å². The molecule has 0 saturated heterocycles. The van der Waals surface area contributed by atoms with Crippen molar-refractivity contribution in [1.82, 2.24) is 19.1 Å². The van der Waals surface area contributed by atoms with Crippen molar-refractivity contribution in [2.24, 2.45) is 0 Å². The molecule has 0 spiro atoms. The van der Waals surface area contributed by atoms with Gasteiger partial charge in [0.25, 0.3) is 0 Å². The van der Waals surface area contributed by atoms with Crippen LogP contribution in [-0.2, 0) is 0 Å². The van der Waals surface area contributed by atoms with Gasteiger partial charge in [0, 0.05) is 0 Å². The minimum absolute atomic E-state index is 1.03. The molecule has 0 aromatic heterocycles. The van der Waals surface area contributed by atoms with Crippen molar-refractivity contribution in [3.8, 4) is 0 Å².